The van der Waals surface area contributed by atoms with Gasteiger partial charge in [0.25, 0.3) is 0 Å². The highest BCUT2D eigenvalue weighted by Crippen LogP contribution is 2.25. The van der Waals surface area contributed by atoms with E-state index in [2.05, 4.69) is 113 Å². The standard InChI is InChI=1S/C35H38N4O/c1-28-8-10-29(11-9-28)14-17-35(40)39(34-20-24-38(25-21-34)26-30-6-4-3-5-7-30)27-31-12-15-32(16-13-31)37(2)33-18-22-36-23-19-33/h3-19,22-23,34H,20-21,24-27H2,1-2H3. The SMILES string of the molecule is Cc1ccc(C=CC(=O)N(Cc2ccc(N(C)c3ccncc3)cc2)C2CCN(Cc3ccccc3)CC2)cc1. The Morgan fingerprint density at radius 2 is 1.50 bits per heavy atom. The van der Waals surface area contributed by atoms with E-state index in [1.807, 2.05) is 18.2 Å². The van der Waals surface area contributed by atoms with E-state index in [1.165, 1.54) is 11.1 Å². The first-order valence-electron chi connectivity index (χ1n) is 14.1. The molecule has 2 heterocycles. The molecule has 0 radical (unpaired) electrons. The average Bonchev–Trinajstić information content (AvgIpc) is 3.01. The van der Waals surface area contributed by atoms with Crippen molar-refractivity contribution in [1.82, 2.24) is 14.8 Å². The molecule has 204 valence electrons. The number of pyridine rings is 1. The molecule has 1 aromatic heterocycles. The largest absolute Gasteiger partial charge is 0.345 e. The van der Waals surface area contributed by atoms with Crippen molar-refractivity contribution in [1.29, 1.82) is 0 Å². The van der Waals surface area contributed by atoms with Gasteiger partial charge in [0.1, 0.15) is 0 Å². The van der Waals surface area contributed by atoms with Crippen LogP contribution in [0.25, 0.3) is 6.08 Å². The Balaban J connectivity index is 1.29. The van der Waals surface area contributed by atoms with Gasteiger partial charge < -0.3 is 9.80 Å². The van der Waals surface area contributed by atoms with Gasteiger partial charge in [0.2, 0.25) is 5.91 Å². The van der Waals surface area contributed by atoms with Gasteiger partial charge in [0, 0.05) is 69.1 Å². The van der Waals surface area contributed by atoms with Gasteiger partial charge in [0.15, 0.2) is 0 Å². The number of aromatic nitrogens is 1. The van der Waals surface area contributed by atoms with Crippen molar-refractivity contribution < 1.29 is 4.79 Å². The van der Waals surface area contributed by atoms with Gasteiger partial charge in [-0.05, 0) is 66.8 Å². The Hall–Kier alpha value is -4.22. The summed E-state index contributed by atoms with van der Waals surface area (Å²) >= 11 is 0. The third kappa shape index (κ3) is 7.25. The van der Waals surface area contributed by atoms with Crippen LogP contribution in [-0.2, 0) is 17.9 Å². The molecule has 0 saturated carbocycles. The number of rotatable bonds is 9. The van der Waals surface area contributed by atoms with Crippen LogP contribution in [0.2, 0.25) is 0 Å². The van der Waals surface area contributed by atoms with E-state index in [1.54, 1.807) is 18.5 Å². The summed E-state index contributed by atoms with van der Waals surface area (Å²) in [4.78, 5) is 24.5. The highest BCUT2D eigenvalue weighted by molar-refractivity contribution is 5.92. The fraction of sp³-hybridized carbons (Fsp3) is 0.257. The second kappa shape index (κ2) is 13.2. The molecule has 1 amide bonds. The lowest BCUT2D eigenvalue weighted by Crippen LogP contribution is -2.46. The highest BCUT2D eigenvalue weighted by atomic mass is 16.2. The van der Waals surface area contributed by atoms with Crippen molar-refractivity contribution in [2.45, 2.75) is 38.9 Å². The minimum atomic E-state index is 0.0695. The second-order valence-corrected chi connectivity index (χ2v) is 10.6. The predicted molar refractivity (Wildman–Crippen MR) is 164 cm³/mol. The van der Waals surface area contributed by atoms with Crippen LogP contribution in [0.1, 0.15) is 35.1 Å². The van der Waals surface area contributed by atoms with E-state index in [0.29, 0.717) is 6.54 Å². The van der Waals surface area contributed by atoms with Crippen molar-refractivity contribution in [3.8, 4) is 0 Å². The molecule has 5 nitrogen and oxygen atoms in total. The molecule has 40 heavy (non-hydrogen) atoms. The fourth-order valence-electron chi connectivity index (χ4n) is 5.30. The van der Waals surface area contributed by atoms with Crippen molar-refractivity contribution >= 4 is 23.4 Å². The smallest absolute Gasteiger partial charge is 0.247 e. The van der Waals surface area contributed by atoms with Gasteiger partial charge in [-0.3, -0.25) is 14.7 Å². The molecule has 0 atom stereocenters. The summed E-state index contributed by atoms with van der Waals surface area (Å²) in [5, 5.41) is 0. The number of carbonyl (C=O) groups excluding carboxylic acids is 1. The van der Waals surface area contributed by atoms with Gasteiger partial charge in [-0.1, -0.05) is 72.3 Å². The summed E-state index contributed by atoms with van der Waals surface area (Å²) in [6.45, 7) is 5.60. The molecule has 0 N–H and O–H groups in total. The summed E-state index contributed by atoms with van der Waals surface area (Å²) in [7, 11) is 2.05. The number of piperidine rings is 1. The molecule has 5 rings (SSSR count). The average molecular weight is 531 g/mol. The number of hydrogen-bond donors (Lipinski definition) is 0. The summed E-state index contributed by atoms with van der Waals surface area (Å²) in [6.07, 6.45) is 9.23. The first-order valence-corrected chi connectivity index (χ1v) is 14.1. The minimum Gasteiger partial charge on any atom is -0.345 e. The predicted octanol–water partition coefficient (Wildman–Crippen LogP) is 6.86. The Kier molecular flexibility index (Phi) is 9.04. The van der Waals surface area contributed by atoms with Crippen molar-refractivity contribution in [2.24, 2.45) is 0 Å². The second-order valence-electron chi connectivity index (χ2n) is 10.6. The normalized spacial score (nSPS) is 14.3. The molecule has 1 aliphatic heterocycles. The van der Waals surface area contributed by atoms with Crippen LogP contribution in [0.5, 0.6) is 0 Å². The number of hydrogen-bond acceptors (Lipinski definition) is 4. The van der Waals surface area contributed by atoms with Crippen LogP contribution in [0.3, 0.4) is 0 Å². The van der Waals surface area contributed by atoms with Crippen LogP contribution >= 0.6 is 0 Å². The number of nitrogens with zero attached hydrogens (tertiary/aromatic N) is 4. The van der Waals surface area contributed by atoms with E-state index >= 15 is 0 Å². The van der Waals surface area contributed by atoms with E-state index < -0.39 is 0 Å². The third-order valence-corrected chi connectivity index (χ3v) is 7.75. The molecule has 0 aliphatic carbocycles. The van der Waals surface area contributed by atoms with Gasteiger partial charge in [-0.2, -0.15) is 0 Å². The number of amides is 1. The molecular formula is C35H38N4O. The molecule has 4 aromatic rings. The molecular weight excluding hydrogens is 492 g/mol. The summed E-state index contributed by atoms with van der Waals surface area (Å²) in [6, 6.07) is 31.7. The molecule has 1 aliphatic rings. The Morgan fingerprint density at radius 3 is 2.17 bits per heavy atom. The number of likely N-dealkylation sites (tertiary alicyclic amines) is 1. The third-order valence-electron chi connectivity index (χ3n) is 7.75. The summed E-state index contributed by atoms with van der Waals surface area (Å²) in [5.41, 5.74) is 6.91. The minimum absolute atomic E-state index is 0.0695. The van der Waals surface area contributed by atoms with Gasteiger partial charge >= 0.3 is 0 Å². The topological polar surface area (TPSA) is 39.7 Å². The molecule has 0 bridgehead atoms. The monoisotopic (exact) mass is 530 g/mol. The molecule has 5 heteroatoms. The van der Waals surface area contributed by atoms with Gasteiger partial charge in [-0.15, -0.1) is 0 Å². The van der Waals surface area contributed by atoms with Crippen LogP contribution in [0.15, 0.2) is 109 Å². The van der Waals surface area contributed by atoms with Crippen LogP contribution in [-0.4, -0.2) is 46.9 Å². The van der Waals surface area contributed by atoms with Gasteiger partial charge in [-0.25, -0.2) is 0 Å². The van der Waals surface area contributed by atoms with Gasteiger partial charge in [0.05, 0.1) is 0 Å². The maximum atomic E-state index is 13.6. The van der Waals surface area contributed by atoms with Crippen molar-refractivity contribution in [3.63, 3.8) is 0 Å². The molecule has 1 fully saturated rings. The van der Waals surface area contributed by atoms with E-state index in [4.69, 9.17) is 0 Å². The molecule has 1 saturated heterocycles. The maximum absolute atomic E-state index is 13.6. The molecule has 3 aromatic carbocycles. The first kappa shape index (κ1) is 27.4. The molecule has 0 unspecified atom stereocenters. The van der Waals surface area contributed by atoms with Crippen molar-refractivity contribution in [2.75, 3.05) is 25.0 Å². The number of aryl methyl sites for hydroxylation is 1. The Bertz CT molecular complexity index is 1380. The Labute approximate surface area is 238 Å². The zero-order valence-electron chi connectivity index (χ0n) is 23.5. The maximum Gasteiger partial charge on any atom is 0.247 e. The van der Waals surface area contributed by atoms with E-state index in [9.17, 15) is 4.79 Å². The number of carbonyl (C=O) groups is 1. The lowest BCUT2D eigenvalue weighted by atomic mass is 10.0. The fourth-order valence-corrected chi connectivity index (χ4v) is 5.30. The zero-order chi connectivity index (χ0) is 27.7. The van der Waals surface area contributed by atoms with Crippen molar-refractivity contribution in [3.05, 3.63) is 132 Å². The summed E-state index contributed by atoms with van der Waals surface area (Å²) < 4.78 is 0. The van der Waals surface area contributed by atoms with E-state index in [-0.39, 0.29) is 11.9 Å². The zero-order valence-corrected chi connectivity index (χ0v) is 23.5. The first-order chi connectivity index (χ1) is 19.5. The quantitative estimate of drug-likeness (QED) is 0.222. The molecule has 0 spiro atoms. The lowest BCUT2D eigenvalue weighted by Gasteiger charge is -2.38. The lowest BCUT2D eigenvalue weighted by molar-refractivity contribution is -0.130. The van der Waals surface area contributed by atoms with Crippen LogP contribution < -0.4 is 4.90 Å². The van der Waals surface area contributed by atoms with E-state index in [0.717, 1.165) is 55.0 Å². The highest BCUT2D eigenvalue weighted by Gasteiger charge is 2.27. The number of benzene rings is 3. The number of anilines is 2. The van der Waals surface area contributed by atoms with Crippen LogP contribution in [0.4, 0.5) is 11.4 Å². The summed E-state index contributed by atoms with van der Waals surface area (Å²) in [5.74, 6) is 0.0695. The Morgan fingerprint density at radius 1 is 0.850 bits per heavy atom. The van der Waals surface area contributed by atoms with Crippen LogP contribution in [0, 0.1) is 6.92 Å².